The SMILES string of the molecule is CNC1(C(N)=O)CCN(C(C)(C)C)CC1. The standard InChI is InChI=1S/C11H23N3O/c1-10(2,3)14-7-5-11(13-4,6-8-14)9(12)15/h13H,5-8H2,1-4H3,(H2,12,15). The number of hydrogen-bond acceptors (Lipinski definition) is 3. The number of nitrogens with one attached hydrogen (secondary N) is 1. The Balaban J connectivity index is 2.65. The van der Waals surface area contributed by atoms with Crippen LogP contribution >= 0.6 is 0 Å². The number of likely N-dealkylation sites (tertiary alicyclic amines) is 1. The molecule has 0 aromatic rings. The van der Waals surface area contributed by atoms with Crippen LogP contribution in [0.3, 0.4) is 0 Å². The van der Waals surface area contributed by atoms with Gasteiger partial charge in [-0.1, -0.05) is 0 Å². The predicted molar refractivity (Wildman–Crippen MR) is 61.5 cm³/mol. The van der Waals surface area contributed by atoms with Gasteiger partial charge in [0.1, 0.15) is 0 Å². The first kappa shape index (κ1) is 12.5. The average molecular weight is 213 g/mol. The van der Waals surface area contributed by atoms with Crippen LogP contribution in [0.25, 0.3) is 0 Å². The molecule has 15 heavy (non-hydrogen) atoms. The van der Waals surface area contributed by atoms with Gasteiger partial charge in [-0.25, -0.2) is 0 Å². The lowest BCUT2D eigenvalue weighted by molar-refractivity contribution is -0.126. The summed E-state index contributed by atoms with van der Waals surface area (Å²) >= 11 is 0. The molecule has 4 nitrogen and oxygen atoms in total. The van der Waals surface area contributed by atoms with E-state index >= 15 is 0 Å². The molecule has 1 aliphatic heterocycles. The summed E-state index contributed by atoms with van der Waals surface area (Å²) in [5, 5.41) is 3.09. The highest BCUT2D eigenvalue weighted by atomic mass is 16.1. The van der Waals surface area contributed by atoms with Gasteiger partial charge in [0.05, 0.1) is 5.54 Å². The van der Waals surface area contributed by atoms with E-state index in [-0.39, 0.29) is 11.4 Å². The van der Waals surface area contributed by atoms with Gasteiger partial charge in [-0.15, -0.1) is 0 Å². The first-order valence-corrected chi connectivity index (χ1v) is 5.56. The number of amides is 1. The molecule has 0 bridgehead atoms. The van der Waals surface area contributed by atoms with Crippen LogP contribution < -0.4 is 11.1 Å². The third-order valence-electron chi connectivity index (χ3n) is 3.52. The molecule has 3 N–H and O–H groups in total. The predicted octanol–water partition coefficient (Wildman–Crippen LogP) is 0.324. The number of rotatable bonds is 2. The van der Waals surface area contributed by atoms with Crippen molar-refractivity contribution in [1.82, 2.24) is 10.2 Å². The molecule has 4 heteroatoms. The number of nitrogens with zero attached hydrogens (tertiary/aromatic N) is 1. The summed E-state index contributed by atoms with van der Waals surface area (Å²) in [7, 11) is 1.82. The van der Waals surface area contributed by atoms with E-state index < -0.39 is 5.54 Å². The van der Waals surface area contributed by atoms with Gasteiger partial charge in [-0.3, -0.25) is 9.69 Å². The maximum atomic E-state index is 11.4. The molecule has 0 aromatic carbocycles. The first-order valence-electron chi connectivity index (χ1n) is 5.56. The van der Waals surface area contributed by atoms with Crippen LogP contribution in [0.2, 0.25) is 0 Å². The van der Waals surface area contributed by atoms with Crippen molar-refractivity contribution in [3.63, 3.8) is 0 Å². The summed E-state index contributed by atoms with van der Waals surface area (Å²) < 4.78 is 0. The zero-order valence-corrected chi connectivity index (χ0v) is 10.3. The van der Waals surface area contributed by atoms with E-state index in [0.717, 1.165) is 25.9 Å². The Morgan fingerprint density at radius 2 is 1.80 bits per heavy atom. The molecule has 1 amide bonds. The maximum Gasteiger partial charge on any atom is 0.237 e. The minimum Gasteiger partial charge on any atom is -0.368 e. The lowest BCUT2D eigenvalue weighted by Gasteiger charge is -2.45. The van der Waals surface area contributed by atoms with E-state index in [1.807, 2.05) is 7.05 Å². The quantitative estimate of drug-likeness (QED) is 0.695. The van der Waals surface area contributed by atoms with Crippen LogP contribution in [-0.4, -0.2) is 42.0 Å². The average Bonchev–Trinajstić information content (AvgIpc) is 2.16. The largest absolute Gasteiger partial charge is 0.368 e. The van der Waals surface area contributed by atoms with Crippen molar-refractivity contribution < 1.29 is 4.79 Å². The number of primary amides is 1. The van der Waals surface area contributed by atoms with Crippen molar-refractivity contribution in [3.05, 3.63) is 0 Å². The van der Waals surface area contributed by atoms with E-state index in [0.29, 0.717) is 0 Å². The number of likely N-dealkylation sites (N-methyl/N-ethyl adjacent to an activating group) is 1. The van der Waals surface area contributed by atoms with Crippen molar-refractivity contribution >= 4 is 5.91 Å². The summed E-state index contributed by atoms with van der Waals surface area (Å²) in [5.74, 6) is -0.224. The molecule has 88 valence electrons. The minimum absolute atomic E-state index is 0.178. The van der Waals surface area contributed by atoms with Crippen molar-refractivity contribution in [1.29, 1.82) is 0 Å². The van der Waals surface area contributed by atoms with Gasteiger partial charge in [0.15, 0.2) is 0 Å². The lowest BCUT2D eigenvalue weighted by Crippen LogP contribution is -2.61. The van der Waals surface area contributed by atoms with E-state index in [1.54, 1.807) is 0 Å². The van der Waals surface area contributed by atoms with E-state index in [1.165, 1.54) is 0 Å². The second kappa shape index (κ2) is 4.10. The molecule has 1 heterocycles. The Labute approximate surface area is 92.2 Å². The summed E-state index contributed by atoms with van der Waals surface area (Å²) in [4.78, 5) is 13.8. The van der Waals surface area contributed by atoms with Gasteiger partial charge in [-0.05, 0) is 40.7 Å². The number of carbonyl (C=O) groups is 1. The summed E-state index contributed by atoms with van der Waals surface area (Å²) in [5.41, 5.74) is 5.14. The van der Waals surface area contributed by atoms with Crippen LogP contribution in [0, 0.1) is 0 Å². The van der Waals surface area contributed by atoms with E-state index in [9.17, 15) is 4.79 Å². The fourth-order valence-corrected chi connectivity index (χ4v) is 2.18. The molecule has 0 saturated carbocycles. The Kier molecular flexibility index (Phi) is 3.41. The van der Waals surface area contributed by atoms with Gasteiger partial charge < -0.3 is 11.1 Å². The third-order valence-corrected chi connectivity index (χ3v) is 3.52. The Hall–Kier alpha value is -0.610. The first-order chi connectivity index (χ1) is 6.82. The number of carbonyl (C=O) groups excluding carboxylic acids is 1. The molecule has 1 rings (SSSR count). The second-order valence-electron chi connectivity index (χ2n) is 5.35. The zero-order chi connectivity index (χ0) is 11.7. The van der Waals surface area contributed by atoms with Crippen LogP contribution in [0.4, 0.5) is 0 Å². The van der Waals surface area contributed by atoms with Crippen molar-refractivity contribution in [2.45, 2.75) is 44.7 Å². The van der Waals surface area contributed by atoms with Gasteiger partial charge in [-0.2, -0.15) is 0 Å². The van der Waals surface area contributed by atoms with E-state index in [4.69, 9.17) is 5.73 Å². The molecule has 0 aromatic heterocycles. The topological polar surface area (TPSA) is 58.4 Å². The fourth-order valence-electron chi connectivity index (χ4n) is 2.18. The summed E-state index contributed by atoms with van der Waals surface area (Å²) in [6.45, 7) is 8.44. The highest BCUT2D eigenvalue weighted by Crippen LogP contribution is 2.26. The number of nitrogens with two attached hydrogens (primary N) is 1. The summed E-state index contributed by atoms with van der Waals surface area (Å²) in [6, 6.07) is 0. The van der Waals surface area contributed by atoms with Gasteiger partial charge in [0.25, 0.3) is 0 Å². The number of piperidine rings is 1. The normalized spacial score (nSPS) is 22.7. The van der Waals surface area contributed by atoms with Crippen LogP contribution in [0.5, 0.6) is 0 Å². The van der Waals surface area contributed by atoms with Crippen molar-refractivity contribution in [3.8, 4) is 0 Å². The maximum absolute atomic E-state index is 11.4. The van der Waals surface area contributed by atoms with Crippen molar-refractivity contribution in [2.24, 2.45) is 5.73 Å². The Morgan fingerprint density at radius 3 is 2.07 bits per heavy atom. The molecule has 1 saturated heterocycles. The molecule has 0 aliphatic carbocycles. The molecule has 1 aliphatic rings. The highest BCUT2D eigenvalue weighted by molar-refractivity contribution is 5.84. The molecule has 0 radical (unpaired) electrons. The molecule has 0 atom stereocenters. The minimum atomic E-state index is -0.484. The van der Waals surface area contributed by atoms with Gasteiger partial charge >= 0.3 is 0 Å². The van der Waals surface area contributed by atoms with Crippen LogP contribution in [0.1, 0.15) is 33.6 Å². The molecular weight excluding hydrogens is 190 g/mol. The summed E-state index contributed by atoms with van der Waals surface area (Å²) in [6.07, 6.45) is 1.60. The van der Waals surface area contributed by atoms with Crippen molar-refractivity contribution in [2.75, 3.05) is 20.1 Å². The van der Waals surface area contributed by atoms with Gasteiger partial charge in [0.2, 0.25) is 5.91 Å². The van der Waals surface area contributed by atoms with E-state index in [2.05, 4.69) is 31.0 Å². The van der Waals surface area contributed by atoms with Gasteiger partial charge in [0, 0.05) is 18.6 Å². The smallest absolute Gasteiger partial charge is 0.237 e. The zero-order valence-electron chi connectivity index (χ0n) is 10.3. The fraction of sp³-hybridized carbons (Fsp3) is 0.909. The number of hydrogen-bond donors (Lipinski definition) is 2. The highest BCUT2D eigenvalue weighted by Gasteiger charge is 2.40. The Bertz CT molecular complexity index is 237. The third kappa shape index (κ3) is 2.49. The van der Waals surface area contributed by atoms with Crippen LogP contribution in [0.15, 0.2) is 0 Å². The lowest BCUT2D eigenvalue weighted by atomic mass is 9.85. The molecule has 1 fully saturated rings. The monoisotopic (exact) mass is 213 g/mol. The molecular formula is C11H23N3O. The van der Waals surface area contributed by atoms with Crippen LogP contribution in [-0.2, 0) is 4.79 Å². The Morgan fingerprint density at radius 1 is 1.33 bits per heavy atom. The second-order valence-corrected chi connectivity index (χ2v) is 5.35. The molecule has 0 spiro atoms. The molecule has 0 unspecified atom stereocenters.